The first-order valence-corrected chi connectivity index (χ1v) is 7.95. The van der Waals surface area contributed by atoms with Crippen LogP contribution >= 0.6 is 0 Å². The average molecular weight is 283 g/mol. The summed E-state index contributed by atoms with van der Waals surface area (Å²) in [5, 5.41) is 6.39. The van der Waals surface area contributed by atoms with E-state index in [1.54, 1.807) is 0 Å². The summed E-state index contributed by atoms with van der Waals surface area (Å²) in [5.41, 5.74) is 5.55. The molecule has 2 aromatic rings. The molecule has 0 aromatic heterocycles. The van der Waals surface area contributed by atoms with E-state index in [-0.39, 0.29) is 0 Å². The van der Waals surface area contributed by atoms with E-state index in [4.69, 9.17) is 0 Å². The lowest BCUT2D eigenvalue weighted by atomic mass is 9.81. The van der Waals surface area contributed by atoms with Crippen LogP contribution in [0.25, 0.3) is 10.8 Å². The largest absolute Gasteiger partial charge is 0.377 e. The Morgan fingerprint density at radius 3 is 2.82 bits per heavy atom. The first-order valence-electron chi connectivity index (χ1n) is 7.95. The number of rotatable bonds is 0. The minimum absolute atomic E-state index is 0.371. The molecule has 0 radical (unpaired) electrons. The third-order valence-corrected chi connectivity index (χ3v) is 4.98. The fourth-order valence-corrected chi connectivity index (χ4v) is 3.98. The highest BCUT2D eigenvalue weighted by Crippen LogP contribution is 2.47. The Bertz CT molecular complexity index is 895. The summed E-state index contributed by atoms with van der Waals surface area (Å²) >= 11 is 0. The molecule has 1 heterocycles. The van der Waals surface area contributed by atoms with Gasteiger partial charge in [-0.1, -0.05) is 72.9 Å². The summed E-state index contributed by atoms with van der Waals surface area (Å²) < 4.78 is 0. The number of hydrogen-bond donors (Lipinski definition) is 1. The van der Waals surface area contributed by atoms with Gasteiger partial charge in [-0.05, 0) is 28.5 Å². The van der Waals surface area contributed by atoms with Gasteiger partial charge in [-0.3, -0.25) is 0 Å². The van der Waals surface area contributed by atoms with Crippen molar-refractivity contribution in [3.8, 4) is 0 Å². The zero-order chi connectivity index (χ0) is 14.5. The average Bonchev–Trinajstić information content (AvgIpc) is 2.78. The molecule has 0 saturated heterocycles. The zero-order valence-electron chi connectivity index (χ0n) is 12.3. The molecule has 1 aliphatic heterocycles. The van der Waals surface area contributed by atoms with Crippen molar-refractivity contribution in [2.75, 3.05) is 5.32 Å². The van der Waals surface area contributed by atoms with Crippen molar-refractivity contribution in [1.82, 2.24) is 0 Å². The summed E-state index contributed by atoms with van der Waals surface area (Å²) in [6.07, 6.45) is 14.7. The highest BCUT2D eigenvalue weighted by molar-refractivity contribution is 5.97. The molecule has 0 bridgehead atoms. The van der Waals surface area contributed by atoms with Crippen LogP contribution in [0.5, 0.6) is 0 Å². The van der Waals surface area contributed by atoms with Gasteiger partial charge in [0.15, 0.2) is 0 Å². The Hall–Kier alpha value is -2.54. The molecule has 2 aromatic carbocycles. The number of benzene rings is 2. The molecule has 1 heteroatoms. The van der Waals surface area contributed by atoms with Crippen molar-refractivity contribution >= 4 is 16.5 Å². The van der Waals surface area contributed by atoms with E-state index in [9.17, 15) is 0 Å². The van der Waals surface area contributed by atoms with E-state index in [2.05, 4.69) is 78.2 Å². The molecule has 106 valence electrons. The first-order chi connectivity index (χ1) is 10.9. The summed E-state index contributed by atoms with van der Waals surface area (Å²) in [7, 11) is 0. The van der Waals surface area contributed by atoms with Crippen LogP contribution in [0.15, 0.2) is 84.0 Å². The summed E-state index contributed by atoms with van der Waals surface area (Å²) in [4.78, 5) is 0. The van der Waals surface area contributed by atoms with Crippen molar-refractivity contribution in [2.24, 2.45) is 0 Å². The second kappa shape index (κ2) is 4.48. The smallest absolute Gasteiger partial charge is 0.0558 e. The van der Waals surface area contributed by atoms with E-state index in [1.165, 1.54) is 33.2 Å². The van der Waals surface area contributed by atoms with Gasteiger partial charge in [0.05, 0.1) is 6.04 Å². The second-order valence-corrected chi connectivity index (χ2v) is 6.21. The summed E-state index contributed by atoms with van der Waals surface area (Å²) in [6.45, 7) is 0. The number of fused-ring (bicyclic) bond motifs is 6. The third kappa shape index (κ3) is 1.59. The third-order valence-electron chi connectivity index (χ3n) is 4.98. The molecule has 3 aliphatic rings. The predicted octanol–water partition coefficient (Wildman–Crippen LogP) is 5.10. The number of hydrogen-bond acceptors (Lipinski definition) is 1. The van der Waals surface area contributed by atoms with E-state index in [0.29, 0.717) is 12.0 Å². The predicted molar refractivity (Wildman–Crippen MR) is 93.2 cm³/mol. The molecule has 0 saturated carbocycles. The lowest BCUT2D eigenvalue weighted by molar-refractivity contribution is 0.770. The Balaban J connectivity index is 1.75. The minimum Gasteiger partial charge on any atom is -0.377 e. The second-order valence-electron chi connectivity index (χ2n) is 6.21. The number of allylic oxidation sites excluding steroid dienone is 6. The van der Waals surface area contributed by atoms with Crippen LogP contribution in [-0.4, -0.2) is 6.04 Å². The van der Waals surface area contributed by atoms with Crippen LogP contribution in [0, 0.1) is 0 Å². The van der Waals surface area contributed by atoms with Crippen molar-refractivity contribution in [2.45, 2.75) is 18.4 Å². The van der Waals surface area contributed by atoms with Gasteiger partial charge in [-0.15, -0.1) is 0 Å². The molecule has 1 nitrogen and oxygen atoms in total. The van der Waals surface area contributed by atoms with Gasteiger partial charge in [0.1, 0.15) is 0 Å². The van der Waals surface area contributed by atoms with Crippen LogP contribution in [0.1, 0.15) is 17.9 Å². The fraction of sp³-hybridized carbons (Fsp3) is 0.143. The maximum atomic E-state index is 3.75. The van der Waals surface area contributed by atoms with Crippen LogP contribution in [-0.2, 0) is 0 Å². The van der Waals surface area contributed by atoms with Crippen LogP contribution < -0.4 is 5.32 Å². The van der Waals surface area contributed by atoms with Gasteiger partial charge in [-0.2, -0.15) is 0 Å². The van der Waals surface area contributed by atoms with Crippen molar-refractivity contribution < 1.29 is 0 Å². The monoisotopic (exact) mass is 283 g/mol. The molecule has 5 rings (SSSR count). The van der Waals surface area contributed by atoms with E-state index >= 15 is 0 Å². The van der Waals surface area contributed by atoms with Gasteiger partial charge >= 0.3 is 0 Å². The van der Waals surface area contributed by atoms with Gasteiger partial charge in [0.2, 0.25) is 0 Å². The Morgan fingerprint density at radius 1 is 0.909 bits per heavy atom. The molecular formula is C21H17N. The Morgan fingerprint density at radius 2 is 1.82 bits per heavy atom. The number of nitrogens with one attached hydrogen (secondary N) is 1. The molecule has 2 aliphatic carbocycles. The highest BCUT2D eigenvalue weighted by Gasteiger charge is 2.36. The quantitative estimate of drug-likeness (QED) is 0.709. The topological polar surface area (TPSA) is 12.0 Å². The SMILES string of the molecule is C1=CC2=C(C=CC1)C1c3ccc4ccccc4c3NC1C=C2. The van der Waals surface area contributed by atoms with Gasteiger partial charge in [-0.25, -0.2) is 0 Å². The van der Waals surface area contributed by atoms with Gasteiger partial charge in [0, 0.05) is 17.0 Å². The van der Waals surface area contributed by atoms with Crippen molar-refractivity contribution in [3.05, 3.63) is 89.6 Å². The van der Waals surface area contributed by atoms with E-state index in [0.717, 1.165) is 6.42 Å². The maximum absolute atomic E-state index is 3.75. The molecule has 0 spiro atoms. The normalized spacial score (nSPS) is 24.7. The molecule has 0 fully saturated rings. The lowest BCUT2D eigenvalue weighted by Crippen LogP contribution is -2.22. The van der Waals surface area contributed by atoms with E-state index in [1.807, 2.05) is 0 Å². The fourth-order valence-electron chi connectivity index (χ4n) is 3.98. The van der Waals surface area contributed by atoms with Crippen molar-refractivity contribution in [3.63, 3.8) is 0 Å². The van der Waals surface area contributed by atoms with E-state index < -0.39 is 0 Å². The molecule has 22 heavy (non-hydrogen) atoms. The first kappa shape index (κ1) is 12.0. The van der Waals surface area contributed by atoms with Crippen molar-refractivity contribution in [1.29, 1.82) is 0 Å². The molecule has 2 unspecified atom stereocenters. The maximum Gasteiger partial charge on any atom is 0.0558 e. The number of anilines is 1. The van der Waals surface area contributed by atoms with Crippen LogP contribution in [0.2, 0.25) is 0 Å². The zero-order valence-corrected chi connectivity index (χ0v) is 12.3. The van der Waals surface area contributed by atoms with Gasteiger partial charge < -0.3 is 5.32 Å². The summed E-state index contributed by atoms with van der Waals surface area (Å²) in [5.74, 6) is 0.429. The molecule has 2 atom stereocenters. The molecular weight excluding hydrogens is 266 g/mol. The Labute approximate surface area is 130 Å². The summed E-state index contributed by atoms with van der Waals surface area (Å²) in [6, 6.07) is 13.6. The van der Waals surface area contributed by atoms with Gasteiger partial charge in [0.25, 0.3) is 0 Å². The standard InChI is InChI=1S/C21H17N/c1-2-6-14-11-13-19-20(16(14)8-3-1)18-12-10-15-7-4-5-9-17(15)21(18)22-19/h2-13,19-20,22H,1H2. The molecule has 1 N–H and O–H groups in total. The molecule has 0 amide bonds. The minimum atomic E-state index is 0.371. The lowest BCUT2D eigenvalue weighted by Gasteiger charge is -2.24. The van der Waals surface area contributed by atoms with Crippen LogP contribution in [0.4, 0.5) is 5.69 Å². The van der Waals surface area contributed by atoms with Crippen LogP contribution in [0.3, 0.4) is 0 Å². The highest BCUT2D eigenvalue weighted by atomic mass is 15.0. The Kier molecular flexibility index (Phi) is 2.45.